The van der Waals surface area contributed by atoms with Crippen molar-refractivity contribution in [2.75, 3.05) is 32.1 Å². The smallest absolute Gasteiger partial charge is 0.228 e. The van der Waals surface area contributed by atoms with Crippen LogP contribution in [-0.4, -0.2) is 60.7 Å². The molecule has 2 aromatic rings. The van der Waals surface area contributed by atoms with Crippen molar-refractivity contribution < 1.29 is 19.4 Å². The fourth-order valence-corrected chi connectivity index (χ4v) is 3.94. The number of hydrogen-bond acceptors (Lipinski definition) is 5. The second kappa shape index (κ2) is 11.1. The Bertz CT molecular complexity index is 919. The van der Waals surface area contributed by atoms with Crippen LogP contribution in [0.2, 0.25) is 0 Å². The lowest BCUT2D eigenvalue weighted by Gasteiger charge is -2.32. The molecule has 2 amide bonds. The molecule has 3 atom stereocenters. The standard InChI is InChI=1S/C25H33N3O4/c1-17-15-28(18(2)16-29)25(31)13-20-12-21(9-10-22(20)32-23(17)14-26-3)27-24(30)11-19-7-5-4-6-8-19/h4-10,12,17-18,23,26,29H,11,13-16H2,1-3H3,(H,27,30)/t17-,18-,23+/m0/s1. The summed E-state index contributed by atoms with van der Waals surface area (Å²) in [7, 11) is 1.87. The predicted molar refractivity (Wildman–Crippen MR) is 125 cm³/mol. The summed E-state index contributed by atoms with van der Waals surface area (Å²) in [6.45, 7) is 4.93. The Morgan fingerprint density at radius 2 is 2.00 bits per heavy atom. The molecule has 3 N–H and O–H groups in total. The van der Waals surface area contributed by atoms with E-state index >= 15 is 0 Å². The van der Waals surface area contributed by atoms with Gasteiger partial charge in [0.05, 0.1) is 25.5 Å². The molecule has 0 saturated carbocycles. The second-order valence-corrected chi connectivity index (χ2v) is 8.48. The Labute approximate surface area is 189 Å². The molecule has 172 valence electrons. The van der Waals surface area contributed by atoms with Crippen LogP contribution >= 0.6 is 0 Å². The lowest BCUT2D eigenvalue weighted by Crippen LogP contribution is -2.47. The number of carbonyl (C=O) groups excluding carboxylic acids is 2. The van der Waals surface area contributed by atoms with Gasteiger partial charge in [0.25, 0.3) is 0 Å². The SMILES string of the molecule is CNC[C@H]1Oc2ccc(NC(=O)Cc3ccccc3)cc2CC(=O)N([C@@H](C)CO)C[C@@H]1C. The molecular formula is C25H33N3O4. The minimum Gasteiger partial charge on any atom is -0.488 e. The monoisotopic (exact) mass is 439 g/mol. The van der Waals surface area contributed by atoms with E-state index in [0.29, 0.717) is 24.5 Å². The summed E-state index contributed by atoms with van der Waals surface area (Å²) in [6.07, 6.45) is 0.273. The molecule has 7 nitrogen and oxygen atoms in total. The fraction of sp³-hybridized carbons (Fsp3) is 0.440. The molecule has 1 aliphatic heterocycles. The fourth-order valence-electron chi connectivity index (χ4n) is 3.94. The van der Waals surface area contributed by atoms with Crippen LogP contribution in [0.4, 0.5) is 5.69 Å². The number of aliphatic hydroxyl groups excluding tert-OH is 1. The van der Waals surface area contributed by atoms with E-state index in [1.54, 1.807) is 11.0 Å². The van der Waals surface area contributed by atoms with Crippen LogP contribution in [-0.2, 0) is 22.4 Å². The van der Waals surface area contributed by atoms with E-state index in [1.807, 2.05) is 56.4 Å². The third kappa shape index (κ3) is 6.08. The Morgan fingerprint density at radius 1 is 1.25 bits per heavy atom. The Hall–Kier alpha value is -2.90. The van der Waals surface area contributed by atoms with E-state index in [4.69, 9.17) is 4.74 Å². The van der Waals surface area contributed by atoms with E-state index in [2.05, 4.69) is 17.6 Å². The first-order valence-corrected chi connectivity index (χ1v) is 11.1. The predicted octanol–water partition coefficient (Wildman–Crippen LogP) is 2.24. The Balaban J connectivity index is 1.85. The van der Waals surface area contributed by atoms with Gasteiger partial charge in [0.15, 0.2) is 0 Å². The molecule has 32 heavy (non-hydrogen) atoms. The number of amides is 2. The number of fused-ring (bicyclic) bond motifs is 1. The van der Waals surface area contributed by atoms with Crippen LogP contribution in [0.5, 0.6) is 5.75 Å². The van der Waals surface area contributed by atoms with E-state index < -0.39 is 0 Å². The third-order valence-corrected chi connectivity index (χ3v) is 5.81. The largest absolute Gasteiger partial charge is 0.488 e. The van der Waals surface area contributed by atoms with Gasteiger partial charge in [-0.1, -0.05) is 37.3 Å². The molecule has 0 aliphatic carbocycles. The summed E-state index contributed by atoms with van der Waals surface area (Å²) in [5.41, 5.74) is 2.28. The van der Waals surface area contributed by atoms with E-state index in [-0.39, 0.29) is 49.3 Å². The molecule has 0 saturated heterocycles. The molecule has 1 heterocycles. The molecule has 0 radical (unpaired) electrons. The number of carbonyl (C=O) groups is 2. The highest BCUT2D eigenvalue weighted by Crippen LogP contribution is 2.29. The van der Waals surface area contributed by atoms with Crippen molar-refractivity contribution in [1.29, 1.82) is 0 Å². The van der Waals surface area contributed by atoms with Crippen LogP contribution in [0.15, 0.2) is 48.5 Å². The average molecular weight is 440 g/mol. The zero-order valence-corrected chi connectivity index (χ0v) is 19.0. The highest BCUT2D eigenvalue weighted by Gasteiger charge is 2.30. The quantitative estimate of drug-likeness (QED) is 0.616. The molecule has 0 aromatic heterocycles. The molecular weight excluding hydrogens is 406 g/mol. The molecule has 7 heteroatoms. The van der Waals surface area contributed by atoms with Gasteiger partial charge in [0, 0.05) is 30.3 Å². The maximum absolute atomic E-state index is 13.1. The summed E-state index contributed by atoms with van der Waals surface area (Å²) in [5, 5.41) is 15.8. The number of anilines is 1. The molecule has 0 fully saturated rings. The minimum absolute atomic E-state index is 0.0663. The molecule has 1 aliphatic rings. The van der Waals surface area contributed by atoms with Crippen molar-refractivity contribution in [3.05, 3.63) is 59.7 Å². The van der Waals surface area contributed by atoms with Crippen molar-refractivity contribution in [2.45, 2.75) is 38.8 Å². The van der Waals surface area contributed by atoms with Crippen LogP contribution in [0.3, 0.4) is 0 Å². The maximum atomic E-state index is 13.1. The van der Waals surface area contributed by atoms with Crippen molar-refractivity contribution in [1.82, 2.24) is 10.2 Å². The summed E-state index contributed by atoms with van der Waals surface area (Å²) >= 11 is 0. The van der Waals surface area contributed by atoms with Crippen molar-refractivity contribution in [3.8, 4) is 5.75 Å². The van der Waals surface area contributed by atoms with Gasteiger partial charge >= 0.3 is 0 Å². The first-order chi connectivity index (χ1) is 15.4. The number of benzene rings is 2. The lowest BCUT2D eigenvalue weighted by atomic mass is 10.0. The molecule has 0 unspecified atom stereocenters. The molecule has 3 rings (SSSR count). The normalized spacial score (nSPS) is 19.8. The maximum Gasteiger partial charge on any atom is 0.228 e. The Kier molecular flexibility index (Phi) is 8.25. The van der Waals surface area contributed by atoms with E-state index in [9.17, 15) is 14.7 Å². The molecule has 0 spiro atoms. The van der Waals surface area contributed by atoms with Crippen LogP contribution in [0, 0.1) is 5.92 Å². The van der Waals surface area contributed by atoms with Crippen LogP contribution in [0.25, 0.3) is 0 Å². The number of aliphatic hydroxyl groups is 1. The van der Waals surface area contributed by atoms with Gasteiger partial charge in [-0.25, -0.2) is 0 Å². The highest BCUT2D eigenvalue weighted by molar-refractivity contribution is 5.92. The topological polar surface area (TPSA) is 90.9 Å². The summed E-state index contributed by atoms with van der Waals surface area (Å²) < 4.78 is 6.32. The van der Waals surface area contributed by atoms with Gasteiger partial charge in [0.2, 0.25) is 11.8 Å². The van der Waals surface area contributed by atoms with Crippen molar-refractivity contribution >= 4 is 17.5 Å². The van der Waals surface area contributed by atoms with Crippen molar-refractivity contribution in [3.63, 3.8) is 0 Å². The minimum atomic E-state index is -0.282. The molecule has 0 bridgehead atoms. The third-order valence-electron chi connectivity index (χ3n) is 5.81. The number of nitrogens with zero attached hydrogens (tertiary/aromatic N) is 1. The summed E-state index contributed by atoms with van der Waals surface area (Å²) in [6, 6.07) is 14.7. The van der Waals surface area contributed by atoms with Crippen molar-refractivity contribution in [2.24, 2.45) is 5.92 Å². The number of nitrogens with one attached hydrogen (secondary N) is 2. The average Bonchev–Trinajstić information content (AvgIpc) is 2.82. The summed E-state index contributed by atoms with van der Waals surface area (Å²) in [5.74, 6) is 0.520. The van der Waals surface area contributed by atoms with Crippen LogP contribution in [0.1, 0.15) is 25.0 Å². The first-order valence-electron chi connectivity index (χ1n) is 11.1. The van der Waals surface area contributed by atoms with E-state index in [1.165, 1.54) is 0 Å². The van der Waals surface area contributed by atoms with Gasteiger partial charge in [-0.3, -0.25) is 9.59 Å². The van der Waals surface area contributed by atoms with Gasteiger partial charge in [-0.15, -0.1) is 0 Å². The lowest BCUT2D eigenvalue weighted by molar-refractivity contribution is -0.134. The van der Waals surface area contributed by atoms with Gasteiger partial charge < -0.3 is 25.4 Å². The first kappa shape index (κ1) is 23.8. The summed E-state index contributed by atoms with van der Waals surface area (Å²) in [4.78, 5) is 27.4. The zero-order chi connectivity index (χ0) is 23.1. The number of hydrogen-bond donors (Lipinski definition) is 3. The highest BCUT2D eigenvalue weighted by atomic mass is 16.5. The second-order valence-electron chi connectivity index (χ2n) is 8.48. The number of likely N-dealkylation sites (N-methyl/N-ethyl adjacent to an activating group) is 1. The van der Waals surface area contributed by atoms with E-state index in [0.717, 1.165) is 11.1 Å². The zero-order valence-electron chi connectivity index (χ0n) is 19.0. The Morgan fingerprint density at radius 3 is 2.69 bits per heavy atom. The van der Waals surface area contributed by atoms with Gasteiger partial charge in [-0.05, 0) is 37.7 Å². The van der Waals surface area contributed by atoms with Gasteiger partial charge in [-0.2, -0.15) is 0 Å². The number of rotatable bonds is 7. The number of ether oxygens (including phenoxy) is 1. The van der Waals surface area contributed by atoms with Gasteiger partial charge in [0.1, 0.15) is 11.9 Å². The molecule has 2 aromatic carbocycles. The van der Waals surface area contributed by atoms with Crippen LogP contribution < -0.4 is 15.4 Å².